The SMILES string of the molecule is CCOc1nc([C@@H](CS(C)(=O)=O)n2c(=O)[nH]c3cc(-c4cc(F)ccc4F)cnc32)ccc1OC. The number of benzene rings is 1. The summed E-state index contributed by atoms with van der Waals surface area (Å²) < 4.78 is 64.5. The van der Waals surface area contributed by atoms with Crippen LogP contribution in [0.25, 0.3) is 22.3 Å². The Balaban J connectivity index is 1.89. The van der Waals surface area contributed by atoms with E-state index in [-0.39, 0.29) is 40.5 Å². The summed E-state index contributed by atoms with van der Waals surface area (Å²) in [5.41, 5.74) is 0.147. The first-order chi connectivity index (χ1) is 16.6. The smallest absolute Gasteiger partial charge is 0.328 e. The van der Waals surface area contributed by atoms with E-state index >= 15 is 0 Å². The van der Waals surface area contributed by atoms with Crippen molar-refractivity contribution in [3.8, 4) is 22.8 Å². The van der Waals surface area contributed by atoms with E-state index in [4.69, 9.17) is 9.47 Å². The first-order valence-electron chi connectivity index (χ1n) is 10.5. The number of methoxy groups -OCH3 is 1. The van der Waals surface area contributed by atoms with Crippen LogP contribution in [-0.2, 0) is 9.84 Å². The van der Waals surface area contributed by atoms with Crippen molar-refractivity contribution in [3.05, 3.63) is 70.4 Å². The topological polar surface area (TPSA) is 116 Å². The van der Waals surface area contributed by atoms with Crippen molar-refractivity contribution in [1.29, 1.82) is 0 Å². The summed E-state index contributed by atoms with van der Waals surface area (Å²) in [5, 5.41) is 0. The zero-order valence-electron chi connectivity index (χ0n) is 19.1. The van der Waals surface area contributed by atoms with E-state index in [9.17, 15) is 22.0 Å². The molecule has 0 saturated carbocycles. The predicted molar refractivity (Wildman–Crippen MR) is 126 cm³/mol. The van der Waals surface area contributed by atoms with Crippen LogP contribution < -0.4 is 15.2 Å². The Morgan fingerprint density at radius 3 is 2.63 bits per heavy atom. The average molecular weight is 505 g/mol. The fraction of sp³-hybridized carbons (Fsp3) is 0.261. The lowest BCUT2D eigenvalue weighted by atomic mass is 10.1. The van der Waals surface area contributed by atoms with Gasteiger partial charge in [0.05, 0.1) is 36.7 Å². The molecule has 35 heavy (non-hydrogen) atoms. The molecule has 0 unspecified atom stereocenters. The van der Waals surface area contributed by atoms with Gasteiger partial charge in [-0.15, -0.1) is 0 Å². The van der Waals surface area contributed by atoms with E-state index in [1.807, 2.05) is 0 Å². The first kappa shape index (κ1) is 24.3. The van der Waals surface area contributed by atoms with Crippen LogP contribution >= 0.6 is 0 Å². The number of aromatic nitrogens is 4. The number of rotatable bonds is 8. The van der Waals surface area contributed by atoms with E-state index in [0.717, 1.165) is 24.5 Å². The number of nitrogens with one attached hydrogen (secondary N) is 1. The molecular weight excluding hydrogens is 482 g/mol. The van der Waals surface area contributed by atoms with Crippen molar-refractivity contribution >= 4 is 21.0 Å². The predicted octanol–water partition coefficient (Wildman–Crippen LogP) is 3.11. The van der Waals surface area contributed by atoms with E-state index in [1.165, 1.54) is 23.9 Å². The van der Waals surface area contributed by atoms with Gasteiger partial charge >= 0.3 is 5.69 Å². The molecule has 3 heterocycles. The number of hydrogen-bond acceptors (Lipinski definition) is 7. The molecule has 4 rings (SSSR count). The molecule has 4 aromatic rings. The van der Waals surface area contributed by atoms with E-state index in [0.29, 0.717) is 5.75 Å². The summed E-state index contributed by atoms with van der Waals surface area (Å²) in [4.78, 5) is 24.3. The quantitative estimate of drug-likeness (QED) is 0.392. The van der Waals surface area contributed by atoms with Gasteiger partial charge in [-0.3, -0.25) is 4.57 Å². The van der Waals surface area contributed by atoms with Crippen LogP contribution in [0.15, 0.2) is 47.4 Å². The minimum atomic E-state index is -3.59. The molecule has 3 aromatic heterocycles. The lowest BCUT2D eigenvalue weighted by Gasteiger charge is -2.19. The van der Waals surface area contributed by atoms with Crippen molar-refractivity contribution in [2.75, 3.05) is 25.7 Å². The molecule has 9 nitrogen and oxygen atoms in total. The van der Waals surface area contributed by atoms with Crippen LogP contribution in [0.1, 0.15) is 18.7 Å². The second-order valence-corrected chi connectivity index (χ2v) is 9.99. The second kappa shape index (κ2) is 9.45. The molecule has 0 aliphatic heterocycles. The number of nitrogens with zero attached hydrogens (tertiary/aromatic N) is 3. The van der Waals surface area contributed by atoms with Crippen molar-refractivity contribution < 1.29 is 26.7 Å². The number of ether oxygens (including phenoxy) is 2. The van der Waals surface area contributed by atoms with Crippen LogP contribution in [0, 0.1) is 11.6 Å². The van der Waals surface area contributed by atoms with E-state index in [1.54, 1.807) is 19.1 Å². The Labute approximate surface area is 199 Å². The summed E-state index contributed by atoms with van der Waals surface area (Å²) >= 11 is 0. The second-order valence-electron chi connectivity index (χ2n) is 7.80. The largest absolute Gasteiger partial charge is 0.491 e. The molecule has 1 aromatic carbocycles. The van der Waals surface area contributed by atoms with Crippen molar-refractivity contribution in [2.45, 2.75) is 13.0 Å². The normalized spacial score (nSPS) is 12.6. The van der Waals surface area contributed by atoms with Crippen molar-refractivity contribution in [2.24, 2.45) is 0 Å². The van der Waals surface area contributed by atoms with Gasteiger partial charge in [-0.1, -0.05) is 0 Å². The van der Waals surface area contributed by atoms with E-state index in [2.05, 4.69) is 15.0 Å². The van der Waals surface area contributed by atoms with Gasteiger partial charge in [0, 0.05) is 23.6 Å². The highest BCUT2D eigenvalue weighted by molar-refractivity contribution is 7.90. The summed E-state index contributed by atoms with van der Waals surface area (Å²) in [7, 11) is -2.15. The average Bonchev–Trinajstić information content (AvgIpc) is 3.13. The third-order valence-electron chi connectivity index (χ3n) is 5.26. The maximum absolute atomic E-state index is 14.3. The highest BCUT2D eigenvalue weighted by atomic mass is 32.2. The van der Waals surface area contributed by atoms with Crippen LogP contribution in [-0.4, -0.2) is 53.7 Å². The number of H-pyrrole nitrogens is 1. The van der Waals surface area contributed by atoms with Crippen LogP contribution in [0.4, 0.5) is 8.78 Å². The van der Waals surface area contributed by atoms with Gasteiger partial charge in [0.1, 0.15) is 21.5 Å². The van der Waals surface area contributed by atoms with Crippen molar-refractivity contribution in [1.82, 2.24) is 19.5 Å². The summed E-state index contributed by atoms with van der Waals surface area (Å²) in [6, 6.07) is 6.52. The van der Waals surface area contributed by atoms with Gasteiger partial charge in [0.2, 0.25) is 0 Å². The molecule has 0 saturated heterocycles. The molecule has 0 bridgehead atoms. The molecular formula is C23H22F2N4O5S. The molecule has 0 aliphatic rings. The lowest BCUT2D eigenvalue weighted by molar-refractivity contribution is 0.296. The summed E-state index contributed by atoms with van der Waals surface area (Å²) in [5.74, 6) is -1.24. The Kier molecular flexibility index (Phi) is 6.57. The summed E-state index contributed by atoms with van der Waals surface area (Å²) in [6.45, 7) is 2.05. The minimum Gasteiger partial charge on any atom is -0.491 e. The monoisotopic (exact) mass is 504 g/mol. The Morgan fingerprint density at radius 1 is 1.17 bits per heavy atom. The zero-order valence-corrected chi connectivity index (χ0v) is 19.9. The molecule has 0 amide bonds. The maximum atomic E-state index is 14.3. The fourth-order valence-electron chi connectivity index (χ4n) is 3.77. The number of aromatic amines is 1. The number of imidazole rings is 1. The van der Waals surface area contributed by atoms with Crippen LogP contribution in [0.3, 0.4) is 0 Å². The highest BCUT2D eigenvalue weighted by Crippen LogP contribution is 2.30. The third-order valence-corrected chi connectivity index (χ3v) is 6.18. The Bertz CT molecular complexity index is 1570. The van der Waals surface area contributed by atoms with Crippen LogP contribution in [0.2, 0.25) is 0 Å². The zero-order chi connectivity index (χ0) is 25.3. The van der Waals surface area contributed by atoms with Gasteiger partial charge in [0.15, 0.2) is 11.4 Å². The molecule has 0 radical (unpaired) electrons. The molecule has 184 valence electrons. The molecule has 12 heteroatoms. The lowest BCUT2D eigenvalue weighted by Crippen LogP contribution is -2.29. The number of fused-ring (bicyclic) bond motifs is 1. The fourth-order valence-corrected chi connectivity index (χ4v) is 4.66. The van der Waals surface area contributed by atoms with Crippen molar-refractivity contribution in [3.63, 3.8) is 0 Å². The summed E-state index contributed by atoms with van der Waals surface area (Å²) in [6.07, 6.45) is 2.33. The third kappa shape index (κ3) is 5.02. The van der Waals surface area contributed by atoms with Gasteiger partial charge in [0.25, 0.3) is 5.88 Å². The standard InChI is InChI=1S/C23H22F2N4O5S/c1-4-34-22-20(33-2)8-7-17(27-22)19(12-35(3,31)32)29-21-18(28-23(29)30)9-13(11-26-21)15-10-14(24)5-6-16(15)25/h5-11,19H,4,12H2,1-3H3,(H,28,30)/t19-/m1/s1. The maximum Gasteiger partial charge on any atom is 0.328 e. The number of hydrogen-bond donors (Lipinski definition) is 1. The van der Waals surface area contributed by atoms with Gasteiger partial charge in [-0.05, 0) is 43.3 Å². The first-order valence-corrected chi connectivity index (χ1v) is 12.6. The Hall–Kier alpha value is -3.80. The molecule has 1 atom stereocenters. The molecule has 0 aliphatic carbocycles. The van der Waals surface area contributed by atoms with Gasteiger partial charge < -0.3 is 14.5 Å². The number of halogens is 2. The molecule has 0 spiro atoms. The molecule has 0 fully saturated rings. The number of pyridine rings is 2. The minimum absolute atomic E-state index is 0.0288. The molecule has 1 N–H and O–H groups in total. The van der Waals surface area contributed by atoms with Gasteiger partial charge in [-0.25, -0.2) is 32.0 Å². The highest BCUT2D eigenvalue weighted by Gasteiger charge is 2.27. The number of sulfone groups is 1. The van der Waals surface area contributed by atoms with Gasteiger partial charge in [-0.2, -0.15) is 0 Å². The van der Waals surface area contributed by atoms with Crippen LogP contribution in [0.5, 0.6) is 11.6 Å². The Morgan fingerprint density at radius 2 is 1.94 bits per heavy atom. The van der Waals surface area contributed by atoms with E-state index < -0.39 is 39.0 Å².